The van der Waals surface area contributed by atoms with Gasteiger partial charge in [0.2, 0.25) is 5.91 Å². The van der Waals surface area contributed by atoms with Gasteiger partial charge in [0.25, 0.3) is 5.69 Å². The van der Waals surface area contributed by atoms with E-state index in [2.05, 4.69) is 15.5 Å². The number of nitrogens with zero attached hydrogens (tertiary/aromatic N) is 2. The van der Waals surface area contributed by atoms with Crippen LogP contribution in [0.3, 0.4) is 0 Å². The second kappa shape index (κ2) is 10.6. The fourth-order valence-corrected chi connectivity index (χ4v) is 3.49. The zero-order chi connectivity index (χ0) is 24.0. The van der Waals surface area contributed by atoms with Crippen molar-refractivity contribution < 1.29 is 32.0 Å². The summed E-state index contributed by atoms with van der Waals surface area (Å²) in [6.45, 7) is 2.07. The largest absolute Gasteiger partial charge is 0.416 e. The third-order valence-electron chi connectivity index (χ3n) is 5.19. The maximum Gasteiger partial charge on any atom is 0.416 e. The van der Waals surface area contributed by atoms with Gasteiger partial charge < -0.3 is 15.4 Å². The first-order valence-corrected chi connectivity index (χ1v) is 10.1. The fourth-order valence-electron chi connectivity index (χ4n) is 3.49. The van der Waals surface area contributed by atoms with Crippen molar-refractivity contribution in [3.63, 3.8) is 0 Å². The van der Waals surface area contributed by atoms with E-state index in [9.17, 15) is 32.5 Å². The van der Waals surface area contributed by atoms with E-state index in [1.54, 1.807) is 12.1 Å². The minimum Gasteiger partial charge on any atom is -0.379 e. The van der Waals surface area contributed by atoms with Crippen molar-refractivity contribution in [3.05, 3.63) is 69.5 Å². The number of halogens is 4. The molecule has 33 heavy (non-hydrogen) atoms. The van der Waals surface area contributed by atoms with Crippen LogP contribution >= 0.6 is 0 Å². The Kier molecular flexibility index (Phi) is 7.82. The zero-order valence-electron chi connectivity index (χ0n) is 17.4. The minimum atomic E-state index is -4.73. The van der Waals surface area contributed by atoms with Gasteiger partial charge in [-0.05, 0) is 29.8 Å². The molecule has 1 unspecified atom stereocenters. The third kappa shape index (κ3) is 6.62. The zero-order valence-corrected chi connectivity index (χ0v) is 17.4. The predicted octanol–water partition coefficient (Wildman–Crippen LogP) is 3.35. The Bertz CT molecular complexity index is 979. The van der Waals surface area contributed by atoms with Crippen LogP contribution in [0.15, 0.2) is 42.5 Å². The molecule has 1 atom stereocenters. The highest BCUT2D eigenvalue weighted by atomic mass is 19.4. The summed E-state index contributed by atoms with van der Waals surface area (Å²) < 4.78 is 57.2. The summed E-state index contributed by atoms with van der Waals surface area (Å²) in [5, 5.41) is 16.4. The van der Waals surface area contributed by atoms with E-state index in [0.717, 1.165) is 11.6 Å². The molecule has 3 rings (SSSR count). The maximum absolute atomic E-state index is 13.3. The van der Waals surface area contributed by atoms with Crippen molar-refractivity contribution in [1.82, 2.24) is 10.2 Å². The molecule has 2 aromatic rings. The highest BCUT2D eigenvalue weighted by Gasteiger charge is 2.33. The van der Waals surface area contributed by atoms with Crippen LogP contribution < -0.4 is 10.6 Å². The Balaban J connectivity index is 1.64. The number of alkyl halides is 3. The smallest absolute Gasteiger partial charge is 0.379 e. The Labute approximate surface area is 186 Å². The topological polar surface area (TPSA) is 96.7 Å². The minimum absolute atomic E-state index is 0.182. The van der Waals surface area contributed by atoms with Crippen LogP contribution in [0.5, 0.6) is 0 Å². The summed E-state index contributed by atoms with van der Waals surface area (Å²) in [7, 11) is 0. The number of amides is 1. The summed E-state index contributed by atoms with van der Waals surface area (Å²) in [4.78, 5) is 24.7. The van der Waals surface area contributed by atoms with Gasteiger partial charge in [0, 0.05) is 25.7 Å². The molecule has 0 aliphatic carbocycles. The lowest BCUT2D eigenvalue weighted by Gasteiger charge is -2.35. The molecular weight excluding hydrogens is 448 g/mol. The molecule has 1 fully saturated rings. The van der Waals surface area contributed by atoms with Crippen LogP contribution in [0.2, 0.25) is 0 Å². The molecule has 1 amide bonds. The molecule has 2 aromatic carbocycles. The maximum atomic E-state index is 13.3. The lowest BCUT2D eigenvalue weighted by molar-refractivity contribution is -0.384. The number of rotatable bonds is 8. The van der Waals surface area contributed by atoms with Crippen molar-refractivity contribution in [3.8, 4) is 0 Å². The van der Waals surface area contributed by atoms with E-state index in [0.29, 0.717) is 38.4 Å². The molecule has 0 radical (unpaired) electrons. The lowest BCUT2D eigenvalue weighted by atomic mass is 10.0. The number of nitro benzene ring substituents is 1. The van der Waals surface area contributed by atoms with Crippen LogP contribution in [0, 0.1) is 15.9 Å². The van der Waals surface area contributed by atoms with E-state index < -0.39 is 28.3 Å². The van der Waals surface area contributed by atoms with Gasteiger partial charge in [-0.25, -0.2) is 4.39 Å². The van der Waals surface area contributed by atoms with Gasteiger partial charge in [0.15, 0.2) is 0 Å². The van der Waals surface area contributed by atoms with E-state index in [1.807, 2.05) is 0 Å². The Morgan fingerprint density at radius 1 is 1.15 bits per heavy atom. The van der Waals surface area contributed by atoms with Crippen LogP contribution in [0.25, 0.3) is 0 Å². The molecule has 1 aliphatic rings. The normalized spacial score (nSPS) is 15.6. The monoisotopic (exact) mass is 470 g/mol. The molecule has 0 bridgehead atoms. The number of nitrogens with one attached hydrogen (secondary N) is 2. The van der Waals surface area contributed by atoms with Crippen LogP contribution in [0.1, 0.15) is 17.2 Å². The number of benzene rings is 2. The average Bonchev–Trinajstić information content (AvgIpc) is 2.79. The van der Waals surface area contributed by atoms with Gasteiger partial charge in [-0.3, -0.25) is 19.8 Å². The second-order valence-corrected chi connectivity index (χ2v) is 7.36. The quantitative estimate of drug-likeness (QED) is 0.349. The number of hydrogen-bond donors (Lipinski definition) is 2. The predicted molar refractivity (Wildman–Crippen MR) is 111 cm³/mol. The summed E-state index contributed by atoms with van der Waals surface area (Å²) in [5.74, 6) is -0.893. The molecular formula is C21H22F4N4O4. The van der Waals surface area contributed by atoms with Gasteiger partial charge in [0.05, 0.1) is 36.3 Å². The molecule has 1 saturated heterocycles. The molecule has 8 nitrogen and oxygen atoms in total. The number of carbonyl (C=O) groups is 1. The molecule has 12 heteroatoms. The van der Waals surface area contributed by atoms with Gasteiger partial charge in [0.1, 0.15) is 11.5 Å². The molecule has 1 heterocycles. The summed E-state index contributed by atoms with van der Waals surface area (Å²) in [6.07, 6.45) is -4.73. The summed E-state index contributed by atoms with van der Waals surface area (Å²) in [5.41, 5.74) is -1.34. The number of anilines is 1. The first-order valence-electron chi connectivity index (χ1n) is 10.1. The van der Waals surface area contributed by atoms with Crippen LogP contribution in [-0.2, 0) is 15.7 Å². The fraction of sp³-hybridized carbons (Fsp3) is 0.381. The van der Waals surface area contributed by atoms with Crippen molar-refractivity contribution in [2.45, 2.75) is 12.2 Å². The van der Waals surface area contributed by atoms with E-state index in [4.69, 9.17) is 4.74 Å². The third-order valence-corrected chi connectivity index (χ3v) is 5.19. The lowest BCUT2D eigenvalue weighted by Crippen LogP contribution is -2.44. The highest BCUT2D eigenvalue weighted by molar-refractivity contribution is 5.81. The average molecular weight is 470 g/mol. The molecule has 2 N–H and O–H groups in total. The molecule has 0 aromatic heterocycles. The van der Waals surface area contributed by atoms with Gasteiger partial charge in [-0.1, -0.05) is 12.1 Å². The number of ether oxygens (including phenoxy) is 1. The number of morpholine rings is 1. The second-order valence-electron chi connectivity index (χ2n) is 7.36. The van der Waals surface area contributed by atoms with Gasteiger partial charge in [-0.15, -0.1) is 0 Å². The van der Waals surface area contributed by atoms with Crippen LogP contribution in [0.4, 0.5) is 28.9 Å². The standard InChI is InChI=1S/C21H22F4N4O4/c22-16-4-1-14(2-5-16)19(28-7-9-33-10-8-28)12-27-20(30)13-26-17-6-3-15(21(23,24)25)11-18(17)29(31)32/h1-6,11,19,26H,7-10,12-13H2,(H,27,30). The summed E-state index contributed by atoms with van der Waals surface area (Å²) in [6, 6.07) is 7.71. The van der Waals surface area contributed by atoms with E-state index in [-0.39, 0.29) is 30.6 Å². The van der Waals surface area contributed by atoms with E-state index in [1.165, 1.54) is 12.1 Å². The number of carbonyl (C=O) groups excluding carboxylic acids is 1. The molecule has 0 saturated carbocycles. The highest BCUT2D eigenvalue weighted by Crippen LogP contribution is 2.34. The first-order chi connectivity index (χ1) is 15.6. The van der Waals surface area contributed by atoms with Crippen molar-refractivity contribution >= 4 is 17.3 Å². The molecule has 0 spiro atoms. The Hall–Kier alpha value is -3.25. The van der Waals surface area contributed by atoms with Crippen molar-refractivity contribution in [2.75, 3.05) is 44.7 Å². The number of nitro groups is 1. The van der Waals surface area contributed by atoms with E-state index >= 15 is 0 Å². The summed E-state index contributed by atoms with van der Waals surface area (Å²) >= 11 is 0. The van der Waals surface area contributed by atoms with Crippen molar-refractivity contribution in [2.24, 2.45) is 0 Å². The van der Waals surface area contributed by atoms with Crippen LogP contribution in [-0.4, -0.2) is 55.1 Å². The van der Waals surface area contributed by atoms with Gasteiger partial charge >= 0.3 is 6.18 Å². The van der Waals surface area contributed by atoms with Gasteiger partial charge in [-0.2, -0.15) is 13.2 Å². The Morgan fingerprint density at radius 2 is 1.82 bits per heavy atom. The number of hydrogen-bond acceptors (Lipinski definition) is 6. The first kappa shape index (κ1) is 24.4. The molecule has 178 valence electrons. The Morgan fingerprint density at radius 3 is 2.42 bits per heavy atom. The molecule has 1 aliphatic heterocycles. The SMILES string of the molecule is O=C(CNc1ccc(C(F)(F)F)cc1[N+](=O)[O-])NCC(c1ccc(F)cc1)N1CCOCC1. The van der Waals surface area contributed by atoms with Crippen molar-refractivity contribution in [1.29, 1.82) is 0 Å².